The molecule has 0 saturated carbocycles. The van der Waals surface area contributed by atoms with Gasteiger partial charge in [0.15, 0.2) is 0 Å². The Morgan fingerprint density at radius 2 is 2.08 bits per heavy atom. The number of halogens is 1. The first-order valence-electron chi connectivity index (χ1n) is 4.82. The number of aryl methyl sites for hydroxylation is 1. The lowest BCUT2D eigenvalue weighted by molar-refractivity contribution is 0.697. The molecule has 72 valence electrons. The number of rotatable bonds is 2. The highest BCUT2D eigenvalue weighted by Crippen LogP contribution is 2.37. The second-order valence-electron chi connectivity index (χ2n) is 3.49. The molecule has 0 radical (unpaired) electrons. The van der Waals surface area contributed by atoms with Gasteiger partial charge in [-0.2, -0.15) is 0 Å². The van der Waals surface area contributed by atoms with Gasteiger partial charge in [-0.05, 0) is 44.2 Å². The minimum Gasteiger partial charge on any atom is -0.330 e. The zero-order valence-electron chi connectivity index (χ0n) is 7.61. The normalized spacial score (nSPS) is 15.8. The Kier molecular flexibility index (Phi) is 2.92. The number of hydrogen-bond acceptors (Lipinski definition) is 2. The summed E-state index contributed by atoms with van der Waals surface area (Å²) in [4.78, 5) is 2.82. The Morgan fingerprint density at radius 1 is 1.31 bits per heavy atom. The van der Waals surface area contributed by atoms with Gasteiger partial charge in [-0.3, -0.25) is 0 Å². The summed E-state index contributed by atoms with van der Waals surface area (Å²) in [6.45, 7) is 0.707. The van der Waals surface area contributed by atoms with E-state index in [-0.39, 0.29) is 0 Å². The molecule has 1 aromatic rings. The first-order chi connectivity index (χ1) is 6.33. The van der Waals surface area contributed by atoms with Crippen molar-refractivity contribution >= 4 is 22.9 Å². The van der Waals surface area contributed by atoms with Crippen LogP contribution in [-0.4, -0.2) is 6.54 Å². The van der Waals surface area contributed by atoms with Crippen LogP contribution in [0.1, 0.15) is 28.2 Å². The summed E-state index contributed by atoms with van der Waals surface area (Å²) in [7, 11) is 0. The van der Waals surface area contributed by atoms with Gasteiger partial charge in [0.1, 0.15) is 0 Å². The van der Waals surface area contributed by atoms with Crippen molar-refractivity contribution in [3.8, 4) is 0 Å². The van der Waals surface area contributed by atoms with Crippen LogP contribution in [-0.2, 0) is 19.3 Å². The quantitative estimate of drug-likeness (QED) is 0.807. The van der Waals surface area contributed by atoms with E-state index in [0.717, 1.165) is 11.4 Å². The van der Waals surface area contributed by atoms with Crippen molar-refractivity contribution in [2.24, 2.45) is 5.73 Å². The molecule has 0 amide bonds. The molecule has 1 aromatic heterocycles. The SMILES string of the molecule is NCCc1sc2c(c1Cl)CCCC2. The second kappa shape index (κ2) is 3.99. The Hall–Kier alpha value is -0.0500. The highest BCUT2D eigenvalue weighted by Gasteiger charge is 2.18. The average Bonchev–Trinajstić information content (AvgIpc) is 2.46. The molecule has 1 nitrogen and oxygen atoms in total. The van der Waals surface area contributed by atoms with Crippen molar-refractivity contribution in [1.82, 2.24) is 0 Å². The Morgan fingerprint density at radius 3 is 2.77 bits per heavy atom. The van der Waals surface area contributed by atoms with Crippen molar-refractivity contribution in [2.75, 3.05) is 6.54 Å². The van der Waals surface area contributed by atoms with Gasteiger partial charge in [0, 0.05) is 9.75 Å². The summed E-state index contributed by atoms with van der Waals surface area (Å²) in [5.41, 5.74) is 6.95. The number of thiophene rings is 1. The van der Waals surface area contributed by atoms with E-state index in [1.165, 1.54) is 41.0 Å². The van der Waals surface area contributed by atoms with Crippen LogP contribution in [0.15, 0.2) is 0 Å². The van der Waals surface area contributed by atoms with Crippen LogP contribution < -0.4 is 5.73 Å². The Balaban J connectivity index is 2.33. The summed E-state index contributed by atoms with van der Waals surface area (Å²) in [5.74, 6) is 0. The largest absolute Gasteiger partial charge is 0.330 e. The Labute approximate surface area is 87.9 Å². The monoisotopic (exact) mass is 215 g/mol. The molecule has 0 atom stereocenters. The van der Waals surface area contributed by atoms with Gasteiger partial charge < -0.3 is 5.73 Å². The third-order valence-electron chi connectivity index (χ3n) is 2.54. The molecule has 13 heavy (non-hydrogen) atoms. The smallest absolute Gasteiger partial charge is 0.0580 e. The van der Waals surface area contributed by atoms with Crippen LogP contribution in [0, 0.1) is 0 Å². The fourth-order valence-corrected chi connectivity index (χ4v) is 3.65. The molecule has 3 heteroatoms. The molecular formula is C10H14ClNS. The molecular weight excluding hydrogens is 202 g/mol. The van der Waals surface area contributed by atoms with Gasteiger partial charge in [-0.25, -0.2) is 0 Å². The number of nitrogens with two attached hydrogens (primary N) is 1. The minimum absolute atomic E-state index is 0.707. The Bertz CT molecular complexity index is 306. The van der Waals surface area contributed by atoms with E-state index < -0.39 is 0 Å². The highest BCUT2D eigenvalue weighted by atomic mass is 35.5. The maximum absolute atomic E-state index is 6.28. The van der Waals surface area contributed by atoms with E-state index >= 15 is 0 Å². The first-order valence-corrected chi connectivity index (χ1v) is 6.01. The van der Waals surface area contributed by atoms with Crippen molar-refractivity contribution < 1.29 is 0 Å². The molecule has 2 rings (SSSR count). The van der Waals surface area contributed by atoms with Crippen molar-refractivity contribution in [1.29, 1.82) is 0 Å². The maximum Gasteiger partial charge on any atom is 0.0580 e. The second-order valence-corrected chi connectivity index (χ2v) is 5.05. The molecule has 0 aromatic carbocycles. The summed E-state index contributed by atoms with van der Waals surface area (Å²) in [5, 5.41) is 1.02. The third-order valence-corrected chi connectivity index (χ3v) is 4.46. The van der Waals surface area contributed by atoms with Gasteiger partial charge in [0.2, 0.25) is 0 Å². The van der Waals surface area contributed by atoms with Crippen LogP contribution in [0.5, 0.6) is 0 Å². The van der Waals surface area contributed by atoms with Gasteiger partial charge in [-0.1, -0.05) is 11.6 Å². The molecule has 0 unspecified atom stereocenters. The molecule has 1 heterocycles. The zero-order chi connectivity index (χ0) is 9.26. The van der Waals surface area contributed by atoms with Gasteiger partial charge in [0.05, 0.1) is 5.02 Å². The zero-order valence-corrected chi connectivity index (χ0v) is 9.18. The van der Waals surface area contributed by atoms with Crippen LogP contribution in [0.3, 0.4) is 0 Å². The van der Waals surface area contributed by atoms with Crippen molar-refractivity contribution in [2.45, 2.75) is 32.1 Å². The summed E-state index contributed by atoms with van der Waals surface area (Å²) >= 11 is 8.15. The fourth-order valence-electron chi connectivity index (χ4n) is 1.88. The summed E-state index contributed by atoms with van der Waals surface area (Å²) in [6.07, 6.45) is 5.97. The molecule has 2 N–H and O–H groups in total. The maximum atomic E-state index is 6.28. The lowest BCUT2D eigenvalue weighted by Gasteiger charge is -2.09. The van der Waals surface area contributed by atoms with E-state index in [9.17, 15) is 0 Å². The fraction of sp³-hybridized carbons (Fsp3) is 0.600. The predicted octanol–water partition coefficient (Wildman–Crippen LogP) is 2.78. The van der Waals surface area contributed by atoms with E-state index in [1.54, 1.807) is 0 Å². The van der Waals surface area contributed by atoms with Gasteiger partial charge in [-0.15, -0.1) is 11.3 Å². The first kappa shape index (κ1) is 9.50. The number of fused-ring (bicyclic) bond motifs is 1. The van der Waals surface area contributed by atoms with Gasteiger partial charge >= 0.3 is 0 Å². The molecule has 0 bridgehead atoms. The standard InChI is InChI=1S/C10H14ClNS/c11-10-7-3-1-2-4-8(7)13-9(10)5-6-12/h1-6,12H2. The highest BCUT2D eigenvalue weighted by molar-refractivity contribution is 7.12. The van der Waals surface area contributed by atoms with Crippen LogP contribution in [0.2, 0.25) is 5.02 Å². The third kappa shape index (κ3) is 1.76. The molecule has 1 aliphatic carbocycles. The predicted molar refractivity (Wildman–Crippen MR) is 58.7 cm³/mol. The molecule has 0 fully saturated rings. The number of hydrogen-bond donors (Lipinski definition) is 1. The van der Waals surface area contributed by atoms with Crippen LogP contribution in [0.25, 0.3) is 0 Å². The summed E-state index contributed by atoms with van der Waals surface area (Å²) < 4.78 is 0. The van der Waals surface area contributed by atoms with Crippen LogP contribution in [0.4, 0.5) is 0 Å². The molecule has 0 spiro atoms. The van der Waals surface area contributed by atoms with Crippen molar-refractivity contribution in [3.05, 3.63) is 20.3 Å². The van der Waals surface area contributed by atoms with E-state index in [0.29, 0.717) is 6.54 Å². The molecule has 1 aliphatic rings. The van der Waals surface area contributed by atoms with Gasteiger partial charge in [0.25, 0.3) is 0 Å². The topological polar surface area (TPSA) is 26.0 Å². The van der Waals surface area contributed by atoms with E-state index in [4.69, 9.17) is 17.3 Å². The van der Waals surface area contributed by atoms with E-state index in [1.807, 2.05) is 11.3 Å². The molecule has 0 saturated heterocycles. The lowest BCUT2D eigenvalue weighted by Crippen LogP contribution is -2.01. The van der Waals surface area contributed by atoms with Crippen molar-refractivity contribution in [3.63, 3.8) is 0 Å². The minimum atomic E-state index is 0.707. The summed E-state index contributed by atoms with van der Waals surface area (Å²) in [6, 6.07) is 0. The van der Waals surface area contributed by atoms with E-state index in [2.05, 4.69) is 0 Å². The average molecular weight is 216 g/mol. The molecule has 0 aliphatic heterocycles. The van der Waals surface area contributed by atoms with Crippen LogP contribution >= 0.6 is 22.9 Å². The lowest BCUT2D eigenvalue weighted by atomic mass is 9.99.